The molecule has 1 aliphatic rings. The Morgan fingerprint density at radius 3 is 2.60 bits per heavy atom. The molecule has 1 aromatic heterocycles. The van der Waals surface area contributed by atoms with Gasteiger partial charge in [-0.25, -0.2) is 0 Å². The quantitative estimate of drug-likeness (QED) is 0.786. The monoisotopic (exact) mass is 350 g/mol. The molecule has 126 valence electrons. The van der Waals surface area contributed by atoms with Crippen LogP contribution in [0.5, 0.6) is 0 Å². The summed E-state index contributed by atoms with van der Waals surface area (Å²) in [6, 6.07) is 19.6. The zero-order chi connectivity index (χ0) is 17.2. The zero-order valence-corrected chi connectivity index (χ0v) is 14.5. The molecule has 0 unspecified atom stereocenters. The fourth-order valence-corrected chi connectivity index (χ4v) is 4.31. The van der Waals surface area contributed by atoms with Crippen molar-refractivity contribution < 1.29 is 9.59 Å². The number of thiophene rings is 1. The molecule has 0 saturated carbocycles. The minimum atomic E-state index is -0.463. The smallest absolute Gasteiger partial charge is 0.243 e. The van der Waals surface area contributed by atoms with Crippen molar-refractivity contribution in [2.24, 2.45) is 0 Å². The highest BCUT2D eigenvalue weighted by Crippen LogP contribution is 2.27. The van der Waals surface area contributed by atoms with Crippen LogP contribution in [0.3, 0.4) is 0 Å². The molecule has 1 atom stereocenters. The molecule has 2 heterocycles. The molecule has 25 heavy (non-hydrogen) atoms. The Morgan fingerprint density at radius 2 is 1.80 bits per heavy atom. The minimum absolute atomic E-state index is 0.0328. The van der Waals surface area contributed by atoms with E-state index in [-0.39, 0.29) is 18.4 Å². The highest BCUT2D eigenvalue weighted by molar-refractivity contribution is 7.19. The molecule has 0 bridgehead atoms. The third-order valence-corrected chi connectivity index (χ3v) is 5.62. The minimum Gasteiger partial charge on any atom is -0.345 e. The Morgan fingerprint density at radius 1 is 1.04 bits per heavy atom. The van der Waals surface area contributed by atoms with E-state index in [1.54, 1.807) is 16.2 Å². The highest BCUT2D eigenvalue weighted by Gasteiger charge is 2.34. The number of carbonyl (C=O) groups is 2. The van der Waals surface area contributed by atoms with Crippen LogP contribution in [-0.4, -0.2) is 29.3 Å². The van der Waals surface area contributed by atoms with Crippen LogP contribution in [0.25, 0.3) is 10.1 Å². The maximum atomic E-state index is 12.5. The van der Waals surface area contributed by atoms with Crippen LogP contribution in [0.4, 0.5) is 0 Å². The van der Waals surface area contributed by atoms with E-state index in [2.05, 4.69) is 23.5 Å². The molecule has 0 radical (unpaired) electrons. The van der Waals surface area contributed by atoms with Crippen molar-refractivity contribution in [3.63, 3.8) is 0 Å². The molecule has 1 N–H and O–H groups in total. The number of nitrogens with one attached hydrogen (secondary N) is 1. The molecular weight excluding hydrogens is 332 g/mol. The van der Waals surface area contributed by atoms with E-state index < -0.39 is 6.04 Å². The van der Waals surface area contributed by atoms with Gasteiger partial charge < -0.3 is 10.2 Å². The van der Waals surface area contributed by atoms with E-state index in [1.807, 2.05) is 42.5 Å². The number of nitrogens with zero attached hydrogens (tertiary/aromatic N) is 1. The Hall–Kier alpha value is -2.66. The number of piperazine rings is 1. The van der Waals surface area contributed by atoms with E-state index in [9.17, 15) is 9.59 Å². The average Bonchev–Trinajstić information content (AvgIpc) is 3.04. The summed E-state index contributed by atoms with van der Waals surface area (Å²) in [6.45, 7) is 0.539. The van der Waals surface area contributed by atoms with Crippen LogP contribution in [-0.2, 0) is 22.6 Å². The molecule has 1 fully saturated rings. The number of hydrogen-bond acceptors (Lipinski definition) is 3. The van der Waals surface area contributed by atoms with Gasteiger partial charge in [-0.2, -0.15) is 0 Å². The summed E-state index contributed by atoms with van der Waals surface area (Å²) in [6.07, 6.45) is 0.545. The van der Waals surface area contributed by atoms with Crippen LogP contribution in [0.1, 0.15) is 10.4 Å². The van der Waals surface area contributed by atoms with Gasteiger partial charge in [0.1, 0.15) is 6.04 Å². The summed E-state index contributed by atoms with van der Waals surface area (Å²) >= 11 is 1.68. The first-order valence-electron chi connectivity index (χ1n) is 8.29. The van der Waals surface area contributed by atoms with Gasteiger partial charge in [0.15, 0.2) is 0 Å². The largest absolute Gasteiger partial charge is 0.345 e. The van der Waals surface area contributed by atoms with Crippen molar-refractivity contribution in [2.75, 3.05) is 6.54 Å². The van der Waals surface area contributed by atoms with Gasteiger partial charge in [-0.15, -0.1) is 11.3 Å². The molecule has 2 amide bonds. The van der Waals surface area contributed by atoms with Crippen molar-refractivity contribution in [2.45, 2.75) is 19.0 Å². The molecule has 0 spiro atoms. The molecule has 2 aromatic carbocycles. The van der Waals surface area contributed by atoms with Crippen LogP contribution < -0.4 is 5.32 Å². The number of hydrogen-bond donors (Lipinski definition) is 1. The summed E-state index contributed by atoms with van der Waals surface area (Å²) in [5.74, 6) is -0.109. The summed E-state index contributed by atoms with van der Waals surface area (Å²) in [4.78, 5) is 27.7. The lowest BCUT2D eigenvalue weighted by molar-refractivity contribution is -0.146. The lowest BCUT2D eigenvalue weighted by Gasteiger charge is -2.34. The first kappa shape index (κ1) is 15.8. The third kappa shape index (κ3) is 3.28. The maximum absolute atomic E-state index is 12.5. The standard InChI is InChI=1S/C20H18N2O2S/c23-19-12-21-20(24)17(22(19)13-14-6-2-1-3-7-14)11-16-10-15-8-4-5-9-18(15)25-16/h1-10,17H,11-13H2,(H,21,24)/t17-/m1/s1. The molecule has 1 aliphatic heterocycles. The second kappa shape index (κ2) is 6.69. The lowest BCUT2D eigenvalue weighted by atomic mass is 10.1. The van der Waals surface area contributed by atoms with Gasteiger partial charge in [0.05, 0.1) is 6.54 Å². The van der Waals surface area contributed by atoms with Crippen LogP contribution >= 0.6 is 11.3 Å². The van der Waals surface area contributed by atoms with E-state index in [1.165, 1.54) is 10.1 Å². The van der Waals surface area contributed by atoms with Crippen molar-refractivity contribution in [1.82, 2.24) is 10.2 Å². The fraction of sp³-hybridized carbons (Fsp3) is 0.200. The van der Waals surface area contributed by atoms with E-state index >= 15 is 0 Å². The molecule has 4 nitrogen and oxygen atoms in total. The molecule has 5 heteroatoms. The lowest BCUT2D eigenvalue weighted by Crippen LogP contribution is -2.58. The summed E-state index contributed by atoms with van der Waals surface area (Å²) in [5, 5.41) is 3.91. The van der Waals surface area contributed by atoms with Crippen molar-refractivity contribution in [3.8, 4) is 0 Å². The number of carbonyl (C=O) groups excluding carboxylic acids is 2. The van der Waals surface area contributed by atoms with Crippen LogP contribution in [0.2, 0.25) is 0 Å². The van der Waals surface area contributed by atoms with Gasteiger partial charge in [0, 0.05) is 22.5 Å². The first-order valence-corrected chi connectivity index (χ1v) is 9.11. The van der Waals surface area contributed by atoms with Gasteiger partial charge in [0.25, 0.3) is 0 Å². The topological polar surface area (TPSA) is 49.4 Å². The number of benzene rings is 2. The van der Waals surface area contributed by atoms with Gasteiger partial charge in [0.2, 0.25) is 11.8 Å². The second-order valence-corrected chi connectivity index (χ2v) is 7.36. The van der Waals surface area contributed by atoms with Crippen molar-refractivity contribution in [3.05, 3.63) is 71.1 Å². The predicted octanol–water partition coefficient (Wildman–Crippen LogP) is 2.97. The van der Waals surface area contributed by atoms with Crippen molar-refractivity contribution in [1.29, 1.82) is 0 Å². The fourth-order valence-electron chi connectivity index (χ4n) is 3.21. The highest BCUT2D eigenvalue weighted by atomic mass is 32.1. The normalized spacial score (nSPS) is 17.8. The van der Waals surface area contributed by atoms with Gasteiger partial charge in [-0.3, -0.25) is 9.59 Å². The first-order chi connectivity index (χ1) is 12.2. The van der Waals surface area contributed by atoms with Gasteiger partial charge in [-0.1, -0.05) is 48.5 Å². The van der Waals surface area contributed by atoms with E-state index in [4.69, 9.17) is 0 Å². The van der Waals surface area contributed by atoms with Crippen molar-refractivity contribution >= 4 is 33.2 Å². The van der Waals surface area contributed by atoms with Crippen LogP contribution in [0, 0.1) is 0 Å². The molecule has 1 saturated heterocycles. The Balaban J connectivity index is 1.61. The molecule has 4 rings (SSSR count). The Bertz CT molecular complexity index is 887. The molecular formula is C20H18N2O2S. The Kier molecular flexibility index (Phi) is 4.24. The third-order valence-electron chi connectivity index (χ3n) is 4.48. The van der Waals surface area contributed by atoms with Crippen LogP contribution in [0.15, 0.2) is 60.7 Å². The second-order valence-electron chi connectivity index (χ2n) is 6.20. The van der Waals surface area contributed by atoms with E-state index in [0.29, 0.717) is 13.0 Å². The zero-order valence-electron chi connectivity index (χ0n) is 13.6. The van der Waals surface area contributed by atoms with Gasteiger partial charge >= 0.3 is 0 Å². The number of rotatable bonds is 4. The van der Waals surface area contributed by atoms with Gasteiger partial charge in [-0.05, 0) is 23.1 Å². The molecule has 0 aliphatic carbocycles. The summed E-state index contributed by atoms with van der Waals surface area (Å²) < 4.78 is 1.20. The summed E-state index contributed by atoms with van der Waals surface area (Å²) in [5.41, 5.74) is 1.03. The SMILES string of the molecule is O=C1NCC(=O)N(Cc2ccccc2)[C@@H]1Cc1cc2ccccc2s1. The molecule has 3 aromatic rings. The maximum Gasteiger partial charge on any atom is 0.243 e. The number of amides is 2. The summed E-state index contributed by atoms with van der Waals surface area (Å²) in [7, 11) is 0. The average molecular weight is 350 g/mol. The predicted molar refractivity (Wildman–Crippen MR) is 99.3 cm³/mol. The van der Waals surface area contributed by atoms with E-state index in [0.717, 1.165) is 10.4 Å². The number of fused-ring (bicyclic) bond motifs is 1. The Labute approximate surface area is 150 Å².